The van der Waals surface area contributed by atoms with Crippen molar-refractivity contribution >= 4 is 14.2 Å². The lowest BCUT2D eigenvalue weighted by molar-refractivity contribution is -0.138. The zero-order chi connectivity index (χ0) is 29.6. The fraction of sp³-hybridized carbons (Fsp3) is 0.567. The van der Waals surface area contributed by atoms with Gasteiger partial charge in [0, 0.05) is 19.7 Å². The number of nitrogens with zero attached hydrogens (tertiary/aromatic N) is 1. The molecule has 0 aliphatic carbocycles. The van der Waals surface area contributed by atoms with Gasteiger partial charge in [0.1, 0.15) is 0 Å². The van der Waals surface area contributed by atoms with Gasteiger partial charge in [-0.05, 0) is 73.8 Å². The minimum atomic E-state index is -4.40. The largest absolute Gasteiger partial charge is 0.493 e. The Morgan fingerprint density at radius 3 is 2.12 bits per heavy atom. The highest BCUT2D eigenvalue weighted by Gasteiger charge is 2.46. The van der Waals surface area contributed by atoms with Crippen molar-refractivity contribution in [2.75, 3.05) is 34.5 Å². The van der Waals surface area contributed by atoms with Crippen molar-refractivity contribution in [2.45, 2.75) is 70.9 Å². The summed E-state index contributed by atoms with van der Waals surface area (Å²) in [5, 5.41) is 0. The molecule has 1 unspecified atom stereocenters. The van der Waals surface area contributed by atoms with Crippen molar-refractivity contribution in [1.29, 1.82) is 0 Å². The Bertz CT molecular complexity index is 1110. The second-order valence-corrected chi connectivity index (χ2v) is 15.4. The SMILES string of the molecule is CCCC[Si](C)(C)OCCC1(Cc2ccc(C(F)(F)F)cc2)CCN(Cc2cc(OC)c(OC)c(OC)c2)C1=O. The molecule has 1 atom stereocenters. The Labute approximate surface area is 236 Å². The number of ether oxygens (including phenoxy) is 3. The Balaban J connectivity index is 1.85. The zero-order valence-electron chi connectivity index (χ0n) is 24.5. The van der Waals surface area contributed by atoms with Gasteiger partial charge < -0.3 is 23.5 Å². The van der Waals surface area contributed by atoms with Crippen LogP contribution in [0.25, 0.3) is 0 Å². The summed E-state index contributed by atoms with van der Waals surface area (Å²) in [6, 6.07) is 9.86. The minimum Gasteiger partial charge on any atom is -0.493 e. The van der Waals surface area contributed by atoms with Crippen LogP contribution in [-0.2, 0) is 28.4 Å². The molecule has 2 aromatic rings. The highest BCUT2D eigenvalue weighted by molar-refractivity contribution is 6.71. The van der Waals surface area contributed by atoms with Crippen LogP contribution < -0.4 is 14.2 Å². The van der Waals surface area contributed by atoms with E-state index in [1.54, 1.807) is 14.2 Å². The van der Waals surface area contributed by atoms with Crippen LogP contribution in [0.2, 0.25) is 19.1 Å². The Morgan fingerprint density at radius 2 is 1.60 bits per heavy atom. The predicted molar refractivity (Wildman–Crippen MR) is 151 cm³/mol. The maximum absolute atomic E-state index is 14.0. The van der Waals surface area contributed by atoms with Gasteiger partial charge in [0.25, 0.3) is 0 Å². The number of hydrogen-bond acceptors (Lipinski definition) is 5. The maximum Gasteiger partial charge on any atom is 0.416 e. The summed E-state index contributed by atoms with van der Waals surface area (Å²) in [4.78, 5) is 15.8. The van der Waals surface area contributed by atoms with Crippen molar-refractivity contribution in [3.8, 4) is 17.2 Å². The number of rotatable bonds is 14. The maximum atomic E-state index is 14.0. The summed E-state index contributed by atoms with van der Waals surface area (Å²) < 4.78 is 62.2. The van der Waals surface area contributed by atoms with Crippen LogP contribution in [0.1, 0.15) is 49.3 Å². The lowest BCUT2D eigenvalue weighted by Gasteiger charge is -2.31. The van der Waals surface area contributed by atoms with E-state index in [1.165, 1.54) is 19.2 Å². The third kappa shape index (κ3) is 7.72. The van der Waals surface area contributed by atoms with Crippen molar-refractivity contribution < 1.29 is 36.6 Å². The van der Waals surface area contributed by atoms with Crippen LogP contribution in [0.3, 0.4) is 0 Å². The van der Waals surface area contributed by atoms with Gasteiger partial charge in [0.15, 0.2) is 19.8 Å². The summed E-state index contributed by atoms with van der Waals surface area (Å²) in [5.74, 6) is 1.47. The van der Waals surface area contributed by atoms with E-state index in [2.05, 4.69) is 20.0 Å². The fourth-order valence-electron chi connectivity index (χ4n) is 5.37. The monoisotopic (exact) mass is 581 g/mol. The minimum absolute atomic E-state index is 0.0159. The first-order chi connectivity index (χ1) is 18.9. The van der Waals surface area contributed by atoms with Gasteiger partial charge in [-0.1, -0.05) is 31.9 Å². The molecule has 0 spiro atoms. The number of hydrogen-bond donors (Lipinski definition) is 0. The van der Waals surface area contributed by atoms with E-state index >= 15 is 0 Å². The topological polar surface area (TPSA) is 57.2 Å². The number of unbranched alkanes of at least 4 members (excludes halogenated alkanes) is 1. The van der Waals surface area contributed by atoms with Crippen LogP contribution in [0, 0.1) is 5.41 Å². The Morgan fingerprint density at radius 1 is 0.975 bits per heavy atom. The summed E-state index contributed by atoms with van der Waals surface area (Å²) in [6.45, 7) is 7.88. The van der Waals surface area contributed by atoms with E-state index in [1.807, 2.05) is 17.0 Å². The summed E-state index contributed by atoms with van der Waals surface area (Å²) >= 11 is 0. The molecule has 1 heterocycles. The van der Waals surface area contributed by atoms with E-state index in [9.17, 15) is 18.0 Å². The molecule has 2 aromatic carbocycles. The van der Waals surface area contributed by atoms with E-state index in [0.29, 0.717) is 61.8 Å². The number of carbonyl (C=O) groups is 1. The Kier molecular flexibility index (Phi) is 10.6. The third-order valence-electron chi connectivity index (χ3n) is 7.73. The predicted octanol–water partition coefficient (Wildman–Crippen LogP) is 7.10. The quantitative estimate of drug-likeness (QED) is 0.223. The summed E-state index contributed by atoms with van der Waals surface area (Å²) in [5.41, 5.74) is 0.0883. The van der Waals surface area contributed by atoms with Gasteiger partial charge in [-0.15, -0.1) is 0 Å². The lowest BCUT2D eigenvalue weighted by atomic mass is 9.77. The fourth-order valence-corrected chi connectivity index (χ4v) is 7.38. The standard InChI is InChI=1S/C30H42F3NO5Si/c1-7-8-17-40(5,6)39-16-14-29(20-22-9-11-24(12-10-22)30(31,32)33)13-15-34(28(29)35)21-23-18-25(36-2)27(38-4)26(19-23)37-3/h9-12,18-19H,7-8,13-17,20-21H2,1-6H3. The van der Waals surface area contributed by atoms with Crippen molar-refractivity contribution in [2.24, 2.45) is 5.41 Å². The molecule has 3 rings (SSSR count). The normalized spacial score (nSPS) is 17.8. The molecule has 1 aliphatic heterocycles. The average Bonchev–Trinajstić information content (AvgIpc) is 3.20. The third-order valence-corrected chi connectivity index (χ3v) is 10.3. The van der Waals surface area contributed by atoms with E-state index < -0.39 is 25.5 Å². The molecule has 1 fully saturated rings. The Hall–Kier alpha value is -2.72. The number of likely N-dealkylation sites (tertiary alicyclic amines) is 1. The molecule has 40 heavy (non-hydrogen) atoms. The van der Waals surface area contributed by atoms with Crippen molar-refractivity contribution in [3.63, 3.8) is 0 Å². The first-order valence-corrected chi connectivity index (χ1v) is 16.9. The summed E-state index contributed by atoms with van der Waals surface area (Å²) in [6.07, 6.45) is -0.725. The molecular formula is C30H42F3NO5Si. The van der Waals surface area contributed by atoms with Crippen LogP contribution in [-0.4, -0.2) is 53.6 Å². The molecule has 0 saturated carbocycles. The number of carbonyl (C=O) groups excluding carboxylic acids is 1. The van der Waals surface area contributed by atoms with Crippen LogP contribution in [0.4, 0.5) is 13.2 Å². The second kappa shape index (κ2) is 13.3. The molecule has 1 amide bonds. The average molecular weight is 582 g/mol. The number of methoxy groups -OCH3 is 3. The molecule has 1 aliphatic rings. The molecule has 0 N–H and O–H groups in total. The van der Waals surface area contributed by atoms with Crippen molar-refractivity contribution in [1.82, 2.24) is 4.90 Å². The van der Waals surface area contributed by atoms with E-state index in [4.69, 9.17) is 18.6 Å². The number of benzene rings is 2. The molecule has 6 nitrogen and oxygen atoms in total. The van der Waals surface area contributed by atoms with E-state index in [-0.39, 0.29) is 5.91 Å². The van der Waals surface area contributed by atoms with Gasteiger partial charge in [0.2, 0.25) is 11.7 Å². The molecule has 0 radical (unpaired) electrons. The van der Waals surface area contributed by atoms with Crippen LogP contribution in [0.15, 0.2) is 36.4 Å². The molecule has 0 bridgehead atoms. The van der Waals surface area contributed by atoms with Gasteiger partial charge in [0.05, 0.1) is 32.3 Å². The highest BCUT2D eigenvalue weighted by atomic mass is 28.4. The smallest absolute Gasteiger partial charge is 0.416 e. The molecule has 1 saturated heterocycles. The second-order valence-electron chi connectivity index (χ2n) is 11.1. The molecule has 10 heteroatoms. The van der Waals surface area contributed by atoms with Crippen molar-refractivity contribution in [3.05, 3.63) is 53.1 Å². The molecule has 0 aromatic heterocycles. The zero-order valence-corrected chi connectivity index (χ0v) is 25.5. The van der Waals surface area contributed by atoms with Crippen LogP contribution in [0.5, 0.6) is 17.2 Å². The lowest BCUT2D eigenvalue weighted by Crippen LogP contribution is -2.38. The number of halogens is 3. The van der Waals surface area contributed by atoms with Gasteiger partial charge >= 0.3 is 6.18 Å². The molecular weight excluding hydrogens is 539 g/mol. The first-order valence-electron chi connectivity index (χ1n) is 13.8. The summed E-state index contributed by atoms with van der Waals surface area (Å²) in [7, 11) is 2.75. The number of alkyl halides is 3. The first kappa shape index (κ1) is 31.8. The van der Waals surface area contributed by atoms with E-state index in [0.717, 1.165) is 36.6 Å². The number of amides is 1. The highest BCUT2D eigenvalue weighted by Crippen LogP contribution is 2.42. The van der Waals surface area contributed by atoms with Crippen LogP contribution >= 0.6 is 0 Å². The van der Waals surface area contributed by atoms with Gasteiger partial charge in [-0.2, -0.15) is 13.2 Å². The molecule has 222 valence electrons. The van der Waals surface area contributed by atoms with Gasteiger partial charge in [-0.3, -0.25) is 4.79 Å². The van der Waals surface area contributed by atoms with Gasteiger partial charge in [-0.25, -0.2) is 0 Å².